The zero-order valence-corrected chi connectivity index (χ0v) is 16.6. The minimum absolute atomic E-state index is 0.0806. The molecule has 4 aliphatic carbocycles. The maximum absolute atomic E-state index is 12.2. The molecule has 0 heterocycles. The standard InChI is InChI=1S/C26H29NO/c1-17-2-4-18(5-3-17)6-11-25(28)27-24-9-7-21(8-10-24)26-22-13-19-12-20(15-22)16-23(26)14-19/h2-11,19-20,22-23,26H,12-16H2,1H3,(H,27,28). The summed E-state index contributed by atoms with van der Waals surface area (Å²) < 4.78 is 0. The maximum atomic E-state index is 12.2. The van der Waals surface area contributed by atoms with Crippen molar-refractivity contribution in [3.63, 3.8) is 0 Å². The van der Waals surface area contributed by atoms with Crippen LogP contribution in [0, 0.1) is 30.6 Å². The molecule has 1 amide bonds. The summed E-state index contributed by atoms with van der Waals surface area (Å²) in [4.78, 5) is 12.2. The number of carbonyl (C=O) groups is 1. The molecular weight excluding hydrogens is 342 g/mol. The molecule has 28 heavy (non-hydrogen) atoms. The molecule has 0 unspecified atom stereocenters. The molecule has 6 rings (SSSR count). The third kappa shape index (κ3) is 3.53. The van der Waals surface area contributed by atoms with E-state index in [1.807, 2.05) is 18.2 Å². The molecule has 4 saturated carbocycles. The molecule has 0 aromatic heterocycles. The molecule has 2 heteroatoms. The van der Waals surface area contributed by atoms with Gasteiger partial charge in [0, 0.05) is 11.8 Å². The molecule has 2 aromatic carbocycles. The van der Waals surface area contributed by atoms with Gasteiger partial charge in [0.05, 0.1) is 0 Å². The van der Waals surface area contributed by atoms with Gasteiger partial charge < -0.3 is 5.32 Å². The minimum Gasteiger partial charge on any atom is -0.323 e. The van der Waals surface area contributed by atoms with Gasteiger partial charge in [0.2, 0.25) is 5.91 Å². The number of carbonyl (C=O) groups excluding carboxylic acids is 1. The number of hydrogen-bond acceptors (Lipinski definition) is 1. The van der Waals surface area contributed by atoms with E-state index in [1.165, 1.54) is 43.2 Å². The van der Waals surface area contributed by atoms with Gasteiger partial charge in [0.1, 0.15) is 0 Å². The van der Waals surface area contributed by atoms with E-state index in [2.05, 4.69) is 48.6 Å². The second-order valence-corrected chi connectivity index (χ2v) is 9.31. The summed E-state index contributed by atoms with van der Waals surface area (Å²) in [5.41, 5.74) is 4.63. The van der Waals surface area contributed by atoms with Crippen LogP contribution in [0.1, 0.15) is 54.7 Å². The van der Waals surface area contributed by atoms with Crippen LogP contribution in [0.2, 0.25) is 0 Å². The molecule has 4 bridgehead atoms. The fraction of sp³-hybridized carbons (Fsp3) is 0.423. The van der Waals surface area contributed by atoms with Crippen LogP contribution in [-0.4, -0.2) is 5.91 Å². The minimum atomic E-state index is -0.0806. The number of anilines is 1. The van der Waals surface area contributed by atoms with Crippen LogP contribution in [0.4, 0.5) is 5.69 Å². The number of rotatable bonds is 4. The van der Waals surface area contributed by atoms with E-state index in [0.717, 1.165) is 40.8 Å². The molecule has 144 valence electrons. The lowest BCUT2D eigenvalue weighted by Gasteiger charge is -2.54. The van der Waals surface area contributed by atoms with E-state index in [-0.39, 0.29) is 5.91 Å². The Labute approximate surface area is 168 Å². The van der Waals surface area contributed by atoms with Crippen molar-refractivity contribution < 1.29 is 4.79 Å². The highest BCUT2D eigenvalue weighted by Gasteiger charge is 2.48. The van der Waals surface area contributed by atoms with E-state index < -0.39 is 0 Å². The van der Waals surface area contributed by atoms with E-state index in [4.69, 9.17) is 0 Å². The fourth-order valence-electron chi connectivity index (χ4n) is 6.29. The molecule has 0 spiro atoms. The molecule has 4 fully saturated rings. The number of nitrogens with one attached hydrogen (secondary N) is 1. The van der Waals surface area contributed by atoms with Gasteiger partial charge in [-0.25, -0.2) is 0 Å². The van der Waals surface area contributed by atoms with Gasteiger partial charge in [0.15, 0.2) is 0 Å². The molecule has 4 aliphatic rings. The largest absolute Gasteiger partial charge is 0.323 e. The Morgan fingerprint density at radius 2 is 1.46 bits per heavy atom. The topological polar surface area (TPSA) is 29.1 Å². The van der Waals surface area contributed by atoms with Gasteiger partial charge in [-0.1, -0.05) is 42.0 Å². The Bertz CT molecular complexity index is 850. The van der Waals surface area contributed by atoms with E-state index in [0.29, 0.717) is 0 Å². The Hall–Kier alpha value is -2.35. The Kier molecular flexibility index (Phi) is 4.58. The summed E-state index contributed by atoms with van der Waals surface area (Å²) >= 11 is 0. The van der Waals surface area contributed by atoms with Gasteiger partial charge in [-0.2, -0.15) is 0 Å². The SMILES string of the molecule is Cc1ccc(C=CC(=O)Nc2ccc(C3C4CC5CC(C4)CC3C5)cc2)cc1. The van der Waals surface area contributed by atoms with Gasteiger partial charge >= 0.3 is 0 Å². The highest BCUT2D eigenvalue weighted by atomic mass is 16.1. The number of benzene rings is 2. The average molecular weight is 372 g/mol. The molecule has 0 radical (unpaired) electrons. The Balaban J connectivity index is 1.23. The third-order valence-corrected chi connectivity index (χ3v) is 7.29. The predicted molar refractivity (Wildman–Crippen MR) is 115 cm³/mol. The van der Waals surface area contributed by atoms with Crippen LogP contribution in [0.15, 0.2) is 54.6 Å². The lowest BCUT2D eigenvalue weighted by Crippen LogP contribution is -2.43. The Morgan fingerprint density at radius 3 is 2.07 bits per heavy atom. The lowest BCUT2D eigenvalue weighted by molar-refractivity contribution is -0.111. The van der Waals surface area contributed by atoms with Crippen molar-refractivity contribution in [1.82, 2.24) is 0 Å². The average Bonchev–Trinajstić information content (AvgIpc) is 2.68. The first kappa shape index (κ1) is 17.7. The molecule has 1 N–H and O–H groups in total. The monoisotopic (exact) mass is 371 g/mol. The number of amides is 1. The van der Waals surface area contributed by atoms with Crippen LogP contribution >= 0.6 is 0 Å². The van der Waals surface area contributed by atoms with Crippen molar-refractivity contribution in [3.8, 4) is 0 Å². The van der Waals surface area contributed by atoms with Crippen molar-refractivity contribution in [2.45, 2.75) is 44.9 Å². The van der Waals surface area contributed by atoms with Gasteiger partial charge in [0.25, 0.3) is 0 Å². The smallest absolute Gasteiger partial charge is 0.248 e. The van der Waals surface area contributed by atoms with Crippen molar-refractivity contribution in [1.29, 1.82) is 0 Å². The van der Waals surface area contributed by atoms with Crippen LogP contribution in [0.5, 0.6) is 0 Å². The normalized spacial score (nSPS) is 30.7. The molecular formula is C26H29NO. The summed E-state index contributed by atoms with van der Waals surface area (Å²) in [7, 11) is 0. The molecule has 2 nitrogen and oxygen atoms in total. The van der Waals surface area contributed by atoms with E-state index in [1.54, 1.807) is 6.08 Å². The van der Waals surface area contributed by atoms with Crippen LogP contribution in [0.3, 0.4) is 0 Å². The molecule has 0 aliphatic heterocycles. The van der Waals surface area contributed by atoms with E-state index in [9.17, 15) is 4.79 Å². The van der Waals surface area contributed by atoms with Gasteiger partial charge in [-0.3, -0.25) is 4.79 Å². The van der Waals surface area contributed by atoms with Crippen molar-refractivity contribution in [2.75, 3.05) is 5.32 Å². The second-order valence-electron chi connectivity index (χ2n) is 9.31. The zero-order chi connectivity index (χ0) is 19.1. The van der Waals surface area contributed by atoms with Gasteiger partial charge in [-0.15, -0.1) is 0 Å². The summed E-state index contributed by atoms with van der Waals surface area (Å²) in [6.45, 7) is 2.06. The van der Waals surface area contributed by atoms with E-state index >= 15 is 0 Å². The first-order valence-corrected chi connectivity index (χ1v) is 10.8. The molecule has 0 atom stereocenters. The summed E-state index contributed by atoms with van der Waals surface area (Å²) in [6, 6.07) is 16.8. The highest BCUT2D eigenvalue weighted by molar-refractivity contribution is 6.01. The molecule has 0 saturated heterocycles. The number of hydrogen-bond donors (Lipinski definition) is 1. The van der Waals surface area contributed by atoms with Crippen molar-refractivity contribution in [3.05, 3.63) is 71.3 Å². The van der Waals surface area contributed by atoms with Crippen LogP contribution in [0.25, 0.3) is 6.08 Å². The summed E-state index contributed by atoms with van der Waals surface area (Å²) in [5, 5.41) is 2.99. The van der Waals surface area contributed by atoms with Crippen molar-refractivity contribution in [2.24, 2.45) is 23.7 Å². The number of aryl methyl sites for hydroxylation is 1. The first-order chi connectivity index (χ1) is 13.6. The summed E-state index contributed by atoms with van der Waals surface area (Å²) in [5.74, 6) is 4.49. The van der Waals surface area contributed by atoms with Crippen LogP contribution in [-0.2, 0) is 4.79 Å². The maximum Gasteiger partial charge on any atom is 0.248 e. The lowest BCUT2D eigenvalue weighted by atomic mass is 9.51. The first-order valence-electron chi connectivity index (χ1n) is 10.8. The quantitative estimate of drug-likeness (QED) is 0.638. The highest BCUT2D eigenvalue weighted by Crippen LogP contribution is 2.59. The molecule has 2 aromatic rings. The summed E-state index contributed by atoms with van der Waals surface area (Å²) in [6.07, 6.45) is 10.7. The third-order valence-electron chi connectivity index (χ3n) is 7.29. The van der Waals surface area contributed by atoms with Crippen molar-refractivity contribution >= 4 is 17.7 Å². The fourth-order valence-corrected chi connectivity index (χ4v) is 6.29. The second kappa shape index (κ2) is 7.24. The Morgan fingerprint density at radius 1 is 0.857 bits per heavy atom. The van der Waals surface area contributed by atoms with Crippen LogP contribution < -0.4 is 5.32 Å². The zero-order valence-electron chi connectivity index (χ0n) is 16.6. The predicted octanol–water partition coefficient (Wildman–Crippen LogP) is 6.19. The van der Waals surface area contributed by atoms with Gasteiger partial charge in [-0.05, 0) is 98.0 Å².